The molecule has 31 heavy (non-hydrogen) atoms. The summed E-state index contributed by atoms with van der Waals surface area (Å²) >= 11 is 0. The van der Waals surface area contributed by atoms with Crippen LogP contribution in [0.15, 0.2) is 24.3 Å². The molecule has 3 amide bonds. The standard InChI is InChI=1S/C21H26N2O7S/c1-14(2)11-23(15-8-10-31(28,29)13-15)18(24)12-30-19(25)7-9-22-20(26)16-5-3-4-6-17(16)21(22)27/h3-6,14-15H,7-13H2,1-2H3/t15-/m1/s1. The third-order valence-electron chi connectivity index (χ3n) is 5.31. The fraction of sp³-hybridized carbons (Fsp3) is 0.524. The van der Waals surface area contributed by atoms with Crippen molar-refractivity contribution in [2.75, 3.05) is 31.2 Å². The predicted octanol–water partition coefficient (Wildman–Crippen LogP) is 0.888. The summed E-state index contributed by atoms with van der Waals surface area (Å²) in [6.07, 6.45) is 0.134. The van der Waals surface area contributed by atoms with Crippen LogP contribution < -0.4 is 0 Å². The van der Waals surface area contributed by atoms with E-state index in [-0.39, 0.29) is 30.4 Å². The minimum absolute atomic E-state index is 0.0413. The average molecular weight is 451 g/mol. The summed E-state index contributed by atoms with van der Waals surface area (Å²) in [5, 5.41) is 0. The molecule has 2 aliphatic rings. The maximum atomic E-state index is 12.6. The Morgan fingerprint density at radius 3 is 2.29 bits per heavy atom. The number of carbonyl (C=O) groups is 4. The zero-order valence-electron chi connectivity index (χ0n) is 17.6. The lowest BCUT2D eigenvalue weighted by molar-refractivity contribution is -0.153. The molecule has 0 aromatic heterocycles. The Bertz CT molecular complexity index is 968. The second-order valence-electron chi connectivity index (χ2n) is 8.22. The highest BCUT2D eigenvalue weighted by Crippen LogP contribution is 2.23. The molecule has 0 bridgehead atoms. The summed E-state index contributed by atoms with van der Waals surface area (Å²) < 4.78 is 28.6. The number of ether oxygens (including phenoxy) is 1. The predicted molar refractivity (Wildman–Crippen MR) is 111 cm³/mol. The van der Waals surface area contributed by atoms with Gasteiger partial charge in [-0.1, -0.05) is 26.0 Å². The van der Waals surface area contributed by atoms with Crippen molar-refractivity contribution in [2.45, 2.75) is 32.7 Å². The van der Waals surface area contributed by atoms with Gasteiger partial charge in [-0.25, -0.2) is 8.42 Å². The molecule has 168 valence electrons. The normalized spacial score (nSPS) is 19.6. The number of amides is 3. The van der Waals surface area contributed by atoms with Gasteiger partial charge in [-0.05, 0) is 24.5 Å². The number of benzene rings is 1. The van der Waals surface area contributed by atoms with E-state index in [1.807, 2.05) is 13.8 Å². The first kappa shape index (κ1) is 22.9. The van der Waals surface area contributed by atoms with E-state index in [1.54, 1.807) is 24.3 Å². The Morgan fingerprint density at radius 2 is 1.77 bits per heavy atom. The van der Waals surface area contributed by atoms with Crippen molar-refractivity contribution in [3.05, 3.63) is 35.4 Å². The van der Waals surface area contributed by atoms with Gasteiger partial charge in [0, 0.05) is 19.1 Å². The van der Waals surface area contributed by atoms with Gasteiger partial charge in [-0.15, -0.1) is 0 Å². The minimum atomic E-state index is -3.16. The summed E-state index contributed by atoms with van der Waals surface area (Å²) in [5.41, 5.74) is 0.596. The Labute approximate surface area is 181 Å². The summed E-state index contributed by atoms with van der Waals surface area (Å²) in [5.74, 6) is -2.01. The molecule has 2 heterocycles. The van der Waals surface area contributed by atoms with Crippen LogP contribution in [0.25, 0.3) is 0 Å². The molecule has 1 aromatic carbocycles. The van der Waals surface area contributed by atoms with Gasteiger partial charge in [-0.3, -0.25) is 24.1 Å². The molecule has 0 aliphatic carbocycles. The lowest BCUT2D eigenvalue weighted by Crippen LogP contribution is -2.45. The molecule has 10 heteroatoms. The first-order valence-electron chi connectivity index (χ1n) is 10.2. The van der Waals surface area contributed by atoms with E-state index in [4.69, 9.17) is 4.74 Å². The van der Waals surface area contributed by atoms with Crippen molar-refractivity contribution in [3.8, 4) is 0 Å². The molecular formula is C21H26N2O7S. The zero-order valence-corrected chi connectivity index (χ0v) is 18.4. The van der Waals surface area contributed by atoms with Gasteiger partial charge in [0.05, 0.1) is 29.1 Å². The van der Waals surface area contributed by atoms with E-state index in [9.17, 15) is 27.6 Å². The van der Waals surface area contributed by atoms with Crippen LogP contribution in [0.1, 0.15) is 47.4 Å². The average Bonchev–Trinajstić information content (AvgIpc) is 3.19. The fourth-order valence-electron chi connectivity index (χ4n) is 3.81. The van der Waals surface area contributed by atoms with Crippen molar-refractivity contribution in [2.24, 2.45) is 5.92 Å². The van der Waals surface area contributed by atoms with E-state index < -0.39 is 46.2 Å². The van der Waals surface area contributed by atoms with Crippen molar-refractivity contribution < 1.29 is 32.3 Å². The summed E-state index contributed by atoms with van der Waals surface area (Å²) in [6, 6.07) is 6.01. The highest BCUT2D eigenvalue weighted by atomic mass is 32.2. The van der Waals surface area contributed by atoms with Crippen LogP contribution in [0.4, 0.5) is 0 Å². The van der Waals surface area contributed by atoms with Crippen LogP contribution in [-0.2, 0) is 24.2 Å². The Morgan fingerprint density at radius 1 is 1.16 bits per heavy atom. The Balaban J connectivity index is 1.52. The molecule has 1 saturated heterocycles. The Hall–Kier alpha value is -2.75. The SMILES string of the molecule is CC(C)CN(C(=O)COC(=O)CCN1C(=O)c2ccccc2C1=O)[C@@H]1CCS(=O)(=O)C1. The molecule has 0 spiro atoms. The number of esters is 1. The van der Waals surface area contributed by atoms with Crippen LogP contribution in [0.3, 0.4) is 0 Å². The quantitative estimate of drug-likeness (QED) is 0.426. The number of sulfone groups is 1. The maximum Gasteiger partial charge on any atom is 0.308 e. The van der Waals surface area contributed by atoms with Crippen LogP contribution in [0.5, 0.6) is 0 Å². The van der Waals surface area contributed by atoms with Gasteiger partial charge in [-0.2, -0.15) is 0 Å². The molecule has 1 fully saturated rings. The van der Waals surface area contributed by atoms with E-state index in [0.29, 0.717) is 24.1 Å². The van der Waals surface area contributed by atoms with E-state index in [0.717, 1.165) is 4.90 Å². The second-order valence-corrected chi connectivity index (χ2v) is 10.4. The largest absolute Gasteiger partial charge is 0.456 e. The van der Waals surface area contributed by atoms with Crippen molar-refractivity contribution in [1.29, 1.82) is 0 Å². The van der Waals surface area contributed by atoms with E-state index in [1.165, 1.54) is 4.90 Å². The molecule has 1 atom stereocenters. The van der Waals surface area contributed by atoms with E-state index in [2.05, 4.69) is 0 Å². The molecule has 0 saturated carbocycles. The van der Waals surface area contributed by atoms with Gasteiger partial charge in [0.1, 0.15) is 0 Å². The number of nitrogens with zero attached hydrogens (tertiary/aromatic N) is 2. The highest BCUT2D eigenvalue weighted by Gasteiger charge is 2.36. The van der Waals surface area contributed by atoms with Gasteiger partial charge in [0.2, 0.25) is 0 Å². The summed E-state index contributed by atoms with van der Waals surface area (Å²) in [4.78, 5) is 51.9. The Kier molecular flexibility index (Phi) is 6.78. The van der Waals surface area contributed by atoms with Gasteiger partial charge in [0.25, 0.3) is 17.7 Å². The number of imide groups is 1. The number of fused-ring (bicyclic) bond motifs is 1. The second kappa shape index (κ2) is 9.17. The van der Waals surface area contributed by atoms with Gasteiger partial charge >= 0.3 is 5.97 Å². The minimum Gasteiger partial charge on any atom is -0.456 e. The maximum absolute atomic E-state index is 12.6. The van der Waals surface area contributed by atoms with Crippen molar-refractivity contribution in [1.82, 2.24) is 9.80 Å². The summed E-state index contributed by atoms with van der Waals surface area (Å²) in [6.45, 7) is 3.54. The number of rotatable bonds is 8. The van der Waals surface area contributed by atoms with Crippen LogP contribution >= 0.6 is 0 Å². The zero-order chi connectivity index (χ0) is 22.8. The van der Waals surface area contributed by atoms with Crippen molar-refractivity contribution >= 4 is 33.5 Å². The third-order valence-corrected chi connectivity index (χ3v) is 7.06. The number of carbonyl (C=O) groups excluding carboxylic acids is 4. The molecule has 0 unspecified atom stereocenters. The number of hydrogen-bond acceptors (Lipinski definition) is 7. The monoisotopic (exact) mass is 450 g/mol. The highest BCUT2D eigenvalue weighted by molar-refractivity contribution is 7.91. The van der Waals surface area contributed by atoms with Crippen LogP contribution in [0, 0.1) is 5.92 Å². The molecule has 1 aromatic rings. The van der Waals surface area contributed by atoms with Gasteiger partial charge < -0.3 is 9.64 Å². The molecule has 0 radical (unpaired) electrons. The lowest BCUT2D eigenvalue weighted by Gasteiger charge is -2.29. The number of hydrogen-bond donors (Lipinski definition) is 0. The molecular weight excluding hydrogens is 424 g/mol. The molecule has 3 rings (SSSR count). The molecule has 0 N–H and O–H groups in total. The van der Waals surface area contributed by atoms with Crippen LogP contribution in [0.2, 0.25) is 0 Å². The molecule has 2 aliphatic heterocycles. The first-order chi connectivity index (χ1) is 14.6. The van der Waals surface area contributed by atoms with Gasteiger partial charge in [0.15, 0.2) is 16.4 Å². The fourth-order valence-corrected chi connectivity index (χ4v) is 5.54. The molecule has 9 nitrogen and oxygen atoms in total. The van der Waals surface area contributed by atoms with E-state index >= 15 is 0 Å². The topological polar surface area (TPSA) is 118 Å². The third kappa shape index (κ3) is 5.30. The summed E-state index contributed by atoms with van der Waals surface area (Å²) in [7, 11) is -3.16. The smallest absolute Gasteiger partial charge is 0.308 e. The van der Waals surface area contributed by atoms with Crippen LogP contribution in [-0.4, -0.2) is 79.2 Å². The first-order valence-corrected chi connectivity index (χ1v) is 12.0. The lowest BCUT2D eigenvalue weighted by atomic mass is 10.1. The van der Waals surface area contributed by atoms with Crippen molar-refractivity contribution in [3.63, 3.8) is 0 Å².